The third-order valence-electron chi connectivity index (χ3n) is 4.28. The maximum Gasteiger partial charge on any atom is 0.307 e. The highest BCUT2D eigenvalue weighted by Gasteiger charge is 2.48. The summed E-state index contributed by atoms with van der Waals surface area (Å²) in [6.45, 7) is 7.83. The molecule has 4 atom stereocenters. The highest BCUT2D eigenvalue weighted by molar-refractivity contribution is 5.89. The fourth-order valence-corrected chi connectivity index (χ4v) is 3.13. The number of hydrogen-bond donors (Lipinski definition) is 2. The molecule has 5 nitrogen and oxygen atoms in total. The standard InChI is InChI=1S/C15H25NO4/c1-15(2,3)12-9(5-4-6-20-12)8-16-13(17)10-7-11(10)14(18)19/h9-12H,4-8H2,1-3H3,(H,16,17)(H,18,19). The normalized spacial score (nSPS) is 33.5. The minimum Gasteiger partial charge on any atom is -0.481 e. The number of ether oxygens (including phenoxy) is 1. The van der Waals surface area contributed by atoms with Crippen LogP contribution in [0, 0.1) is 23.2 Å². The van der Waals surface area contributed by atoms with Crippen LogP contribution in [0.15, 0.2) is 0 Å². The van der Waals surface area contributed by atoms with E-state index in [4.69, 9.17) is 9.84 Å². The van der Waals surface area contributed by atoms with Gasteiger partial charge in [-0.3, -0.25) is 9.59 Å². The highest BCUT2D eigenvalue weighted by atomic mass is 16.5. The maximum absolute atomic E-state index is 11.9. The summed E-state index contributed by atoms with van der Waals surface area (Å²) in [6, 6.07) is 0. The second kappa shape index (κ2) is 5.72. The number of hydrogen-bond acceptors (Lipinski definition) is 3. The van der Waals surface area contributed by atoms with Gasteiger partial charge in [0.05, 0.1) is 17.9 Å². The molecule has 1 amide bonds. The van der Waals surface area contributed by atoms with E-state index in [-0.39, 0.29) is 23.3 Å². The first-order valence-corrected chi connectivity index (χ1v) is 7.43. The van der Waals surface area contributed by atoms with Gasteiger partial charge in [0, 0.05) is 19.1 Å². The Labute approximate surface area is 120 Å². The summed E-state index contributed by atoms with van der Waals surface area (Å²) in [5.74, 6) is -1.47. The minimum atomic E-state index is -0.862. The molecule has 0 radical (unpaired) electrons. The zero-order chi connectivity index (χ0) is 14.9. The monoisotopic (exact) mass is 283 g/mol. The van der Waals surface area contributed by atoms with Crippen LogP contribution in [0.1, 0.15) is 40.0 Å². The third-order valence-corrected chi connectivity index (χ3v) is 4.28. The molecule has 20 heavy (non-hydrogen) atoms. The molecule has 0 aromatic carbocycles. The maximum atomic E-state index is 11.9. The van der Waals surface area contributed by atoms with E-state index in [0.29, 0.717) is 18.9 Å². The minimum absolute atomic E-state index is 0.0546. The SMILES string of the molecule is CC(C)(C)C1OCCCC1CNC(=O)C1CC1C(=O)O. The molecule has 2 aliphatic rings. The van der Waals surface area contributed by atoms with Crippen molar-refractivity contribution in [3.63, 3.8) is 0 Å². The molecule has 114 valence electrons. The van der Waals surface area contributed by atoms with Crippen molar-refractivity contribution in [1.29, 1.82) is 0 Å². The van der Waals surface area contributed by atoms with Gasteiger partial charge in [-0.15, -0.1) is 0 Å². The molecule has 2 rings (SSSR count). The number of rotatable bonds is 4. The van der Waals surface area contributed by atoms with Crippen LogP contribution in [0.2, 0.25) is 0 Å². The van der Waals surface area contributed by atoms with Gasteiger partial charge >= 0.3 is 5.97 Å². The van der Waals surface area contributed by atoms with Crippen molar-refractivity contribution in [3.8, 4) is 0 Å². The van der Waals surface area contributed by atoms with Gasteiger partial charge in [-0.2, -0.15) is 0 Å². The lowest BCUT2D eigenvalue weighted by atomic mass is 9.78. The summed E-state index contributed by atoms with van der Waals surface area (Å²) >= 11 is 0. The summed E-state index contributed by atoms with van der Waals surface area (Å²) in [4.78, 5) is 22.7. The molecule has 0 spiro atoms. The number of carboxylic acid groups (broad SMARTS) is 1. The fraction of sp³-hybridized carbons (Fsp3) is 0.867. The Bertz CT molecular complexity index is 388. The molecule has 0 bridgehead atoms. The third kappa shape index (κ3) is 3.51. The Balaban J connectivity index is 1.83. The molecular formula is C15H25NO4. The number of amides is 1. The van der Waals surface area contributed by atoms with Crippen LogP contribution >= 0.6 is 0 Å². The van der Waals surface area contributed by atoms with E-state index < -0.39 is 11.9 Å². The van der Waals surface area contributed by atoms with E-state index in [9.17, 15) is 9.59 Å². The van der Waals surface area contributed by atoms with Crippen molar-refractivity contribution in [2.24, 2.45) is 23.2 Å². The van der Waals surface area contributed by atoms with Crippen molar-refractivity contribution >= 4 is 11.9 Å². The summed E-state index contributed by atoms with van der Waals surface area (Å²) < 4.78 is 5.88. The van der Waals surface area contributed by atoms with Crippen LogP contribution in [0.25, 0.3) is 0 Å². The predicted octanol–water partition coefficient (Wildman–Crippen LogP) is 1.66. The lowest BCUT2D eigenvalue weighted by Crippen LogP contribution is -2.45. The van der Waals surface area contributed by atoms with Gasteiger partial charge < -0.3 is 15.2 Å². The van der Waals surface area contributed by atoms with Crippen molar-refractivity contribution in [1.82, 2.24) is 5.32 Å². The number of carbonyl (C=O) groups excluding carboxylic acids is 1. The van der Waals surface area contributed by atoms with E-state index in [1.807, 2.05) is 0 Å². The van der Waals surface area contributed by atoms with Gasteiger partial charge in [0.15, 0.2) is 0 Å². The van der Waals surface area contributed by atoms with Crippen LogP contribution in [0.5, 0.6) is 0 Å². The molecule has 4 unspecified atom stereocenters. The smallest absolute Gasteiger partial charge is 0.307 e. The van der Waals surface area contributed by atoms with Gasteiger partial charge in [-0.1, -0.05) is 20.8 Å². The topological polar surface area (TPSA) is 75.6 Å². The Morgan fingerprint density at radius 2 is 2.00 bits per heavy atom. The second-order valence-electron chi connectivity index (χ2n) is 7.09. The molecule has 1 heterocycles. The molecule has 1 saturated carbocycles. The van der Waals surface area contributed by atoms with Gasteiger partial charge in [0.25, 0.3) is 0 Å². The second-order valence-corrected chi connectivity index (χ2v) is 7.09. The van der Waals surface area contributed by atoms with E-state index in [2.05, 4.69) is 26.1 Å². The first-order valence-electron chi connectivity index (χ1n) is 7.43. The summed E-state index contributed by atoms with van der Waals surface area (Å²) in [5, 5.41) is 11.8. The molecule has 0 aromatic heterocycles. The molecule has 5 heteroatoms. The van der Waals surface area contributed by atoms with Crippen LogP contribution in [-0.4, -0.2) is 36.2 Å². The molecule has 2 N–H and O–H groups in total. The average molecular weight is 283 g/mol. The van der Waals surface area contributed by atoms with Gasteiger partial charge in [0.1, 0.15) is 0 Å². The van der Waals surface area contributed by atoms with Crippen molar-refractivity contribution in [2.45, 2.75) is 46.1 Å². The molecule has 1 saturated heterocycles. The highest BCUT2D eigenvalue weighted by Crippen LogP contribution is 2.39. The van der Waals surface area contributed by atoms with Crippen LogP contribution < -0.4 is 5.32 Å². The molecule has 1 aliphatic carbocycles. The van der Waals surface area contributed by atoms with Crippen LogP contribution in [0.4, 0.5) is 0 Å². The Morgan fingerprint density at radius 1 is 1.30 bits per heavy atom. The number of nitrogens with one attached hydrogen (secondary N) is 1. The van der Waals surface area contributed by atoms with Gasteiger partial charge in [-0.25, -0.2) is 0 Å². The van der Waals surface area contributed by atoms with Crippen molar-refractivity contribution in [2.75, 3.05) is 13.2 Å². The molecule has 1 aliphatic heterocycles. The van der Waals surface area contributed by atoms with Gasteiger partial charge in [-0.05, 0) is 24.7 Å². The molecule has 0 aromatic rings. The van der Waals surface area contributed by atoms with Crippen molar-refractivity contribution in [3.05, 3.63) is 0 Å². The Hall–Kier alpha value is -1.10. The van der Waals surface area contributed by atoms with Crippen LogP contribution in [-0.2, 0) is 14.3 Å². The lowest BCUT2D eigenvalue weighted by molar-refractivity contribution is -0.140. The molecule has 2 fully saturated rings. The van der Waals surface area contributed by atoms with E-state index >= 15 is 0 Å². The Kier molecular flexibility index (Phi) is 4.37. The summed E-state index contributed by atoms with van der Waals surface area (Å²) in [7, 11) is 0. The van der Waals surface area contributed by atoms with Gasteiger partial charge in [0.2, 0.25) is 5.91 Å². The van der Waals surface area contributed by atoms with Crippen LogP contribution in [0.3, 0.4) is 0 Å². The van der Waals surface area contributed by atoms with Crippen molar-refractivity contribution < 1.29 is 19.4 Å². The first kappa shape index (κ1) is 15.3. The number of aliphatic carboxylic acids is 1. The summed E-state index contributed by atoms with van der Waals surface area (Å²) in [6.07, 6.45) is 2.69. The number of carboxylic acids is 1. The number of carbonyl (C=O) groups is 2. The molecular weight excluding hydrogens is 258 g/mol. The zero-order valence-electron chi connectivity index (χ0n) is 12.5. The van der Waals surface area contributed by atoms with E-state index in [0.717, 1.165) is 19.4 Å². The average Bonchev–Trinajstić information content (AvgIpc) is 3.15. The van der Waals surface area contributed by atoms with E-state index in [1.165, 1.54) is 0 Å². The lowest BCUT2D eigenvalue weighted by Gasteiger charge is -2.40. The summed E-state index contributed by atoms with van der Waals surface area (Å²) in [5.41, 5.74) is 0.0546. The predicted molar refractivity (Wildman–Crippen MR) is 74.2 cm³/mol. The first-order chi connectivity index (χ1) is 9.30. The quantitative estimate of drug-likeness (QED) is 0.823. The van der Waals surface area contributed by atoms with E-state index in [1.54, 1.807) is 0 Å². The fourth-order valence-electron chi connectivity index (χ4n) is 3.13. The zero-order valence-corrected chi connectivity index (χ0v) is 12.5. The Morgan fingerprint density at radius 3 is 2.55 bits per heavy atom. The largest absolute Gasteiger partial charge is 0.481 e.